The van der Waals surface area contributed by atoms with E-state index in [1.807, 2.05) is 62.4 Å². The Morgan fingerprint density at radius 1 is 1.14 bits per heavy atom. The van der Waals surface area contributed by atoms with Crippen molar-refractivity contribution in [3.05, 3.63) is 59.7 Å². The molecule has 0 unspecified atom stereocenters. The van der Waals surface area contributed by atoms with Crippen molar-refractivity contribution in [2.24, 2.45) is 0 Å². The van der Waals surface area contributed by atoms with Crippen LogP contribution in [0.2, 0.25) is 0 Å². The Morgan fingerprint density at radius 2 is 1.89 bits per heavy atom. The molecular formula is C27H35N5O3. The van der Waals surface area contributed by atoms with Crippen molar-refractivity contribution in [2.45, 2.75) is 64.6 Å². The summed E-state index contributed by atoms with van der Waals surface area (Å²) in [5.41, 5.74) is 3.35. The number of aryl methyl sites for hydroxylation is 1. The zero-order valence-corrected chi connectivity index (χ0v) is 20.7. The summed E-state index contributed by atoms with van der Waals surface area (Å²) >= 11 is 0. The zero-order chi connectivity index (χ0) is 24.6. The Balaban J connectivity index is 1.65. The van der Waals surface area contributed by atoms with Crippen LogP contribution in [0.15, 0.2) is 48.5 Å². The second kappa shape index (κ2) is 11.9. The molecular weight excluding hydrogens is 442 g/mol. The van der Waals surface area contributed by atoms with E-state index in [1.165, 1.54) is 0 Å². The van der Waals surface area contributed by atoms with Gasteiger partial charge in [-0.2, -0.15) is 0 Å². The molecule has 1 aromatic heterocycles. The minimum atomic E-state index is -0.722. The second-order valence-corrected chi connectivity index (χ2v) is 9.12. The van der Waals surface area contributed by atoms with Gasteiger partial charge in [-0.05, 0) is 56.4 Å². The van der Waals surface area contributed by atoms with E-state index in [2.05, 4.69) is 15.6 Å². The summed E-state index contributed by atoms with van der Waals surface area (Å²) in [7, 11) is 0. The molecule has 1 atom stereocenters. The van der Waals surface area contributed by atoms with Crippen molar-refractivity contribution in [2.75, 3.05) is 19.8 Å². The van der Waals surface area contributed by atoms with Crippen LogP contribution in [-0.4, -0.2) is 57.5 Å². The molecule has 1 heterocycles. The summed E-state index contributed by atoms with van der Waals surface area (Å²) in [4.78, 5) is 29.2. The maximum absolute atomic E-state index is 13.8. The number of hydrogen-bond acceptors (Lipinski definition) is 5. The van der Waals surface area contributed by atoms with Crippen LogP contribution in [0.4, 0.5) is 0 Å². The van der Waals surface area contributed by atoms with Crippen molar-refractivity contribution in [1.82, 2.24) is 25.2 Å². The van der Waals surface area contributed by atoms with Crippen LogP contribution in [0, 0.1) is 6.92 Å². The number of rotatable bonds is 11. The van der Waals surface area contributed by atoms with E-state index in [1.54, 1.807) is 9.58 Å². The van der Waals surface area contributed by atoms with E-state index in [4.69, 9.17) is 4.74 Å². The summed E-state index contributed by atoms with van der Waals surface area (Å²) in [5.74, 6) is -0.300. The fraction of sp³-hybridized carbons (Fsp3) is 0.481. The maximum atomic E-state index is 13.8. The summed E-state index contributed by atoms with van der Waals surface area (Å²) in [6.45, 7) is 5.49. The van der Waals surface area contributed by atoms with Crippen molar-refractivity contribution in [1.29, 1.82) is 0 Å². The summed E-state index contributed by atoms with van der Waals surface area (Å²) in [6, 6.07) is 14.8. The summed E-state index contributed by atoms with van der Waals surface area (Å²) < 4.78 is 7.15. The van der Waals surface area contributed by atoms with Crippen molar-refractivity contribution >= 4 is 22.8 Å². The minimum Gasteiger partial charge on any atom is -0.382 e. The van der Waals surface area contributed by atoms with E-state index in [0.29, 0.717) is 26.2 Å². The number of carbonyl (C=O) groups is 2. The monoisotopic (exact) mass is 477 g/mol. The van der Waals surface area contributed by atoms with Crippen LogP contribution < -0.4 is 5.32 Å². The highest BCUT2D eigenvalue weighted by molar-refractivity contribution is 5.89. The third-order valence-electron chi connectivity index (χ3n) is 6.66. The number of fused-ring (bicyclic) bond motifs is 1. The number of benzene rings is 2. The average molecular weight is 478 g/mol. The summed E-state index contributed by atoms with van der Waals surface area (Å²) in [5, 5.41) is 11.6. The third kappa shape index (κ3) is 6.06. The van der Waals surface area contributed by atoms with Crippen LogP contribution in [0.25, 0.3) is 11.0 Å². The Kier molecular flexibility index (Phi) is 8.47. The molecule has 0 radical (unpaired) electrons. The number of hydrogen-bond donors (Lipinski definition) is 1. The number of para-hydroxylation sites is 1. The molecule has 1 fully saturated rings. The largest absolute Gasteiger partial charge is 0.382 e. The van der Waals surface area contributed by atoms with E-state index in [9.17, 15) is 9.59 Å². The molecule has 1 saturated carbocycles. The van der Waals surface area contributed by atoms with Gasteiger partial charge in [-0.1, -0.05) is 54.5 Å². The lowest BCUT2D eigenvalue weighted by Gasteiger charge is -2.33. The molecule has 0 saturated heterocycles. The first kappa shape index (κ1) is 24.9. The van der Waals surface area contributed by atoms with Crippen LogP contribution in [-0.2, 0) is 20.9 Å². The first-order valence-electron chi connectivity index (χ1n) is 12.6. The highest BCUT2D eigenvalue weighted by Gasteiger charge is 2.34. The van der Waals surface area contributed by atoms with E-state index in [0.717, 1.165) is 47.8 Å². The highest BCUT2D eigenvalue weighted by Crippen LogP contribution is 2.27. The molecule has 0 aliphatic heterocycles. The zero-order valence-electron chi connectivity index (χ0n) is 20.7. The average Bonchev–Trinajstić information content (AvgIpc) is 3.52. The first-order chi connectivity index (χ1) is 17.1. The number of aromatic nitrogens is 3. The Morgan fingerprint density at radius 3 is 2.66 bits per heavy atom. The molecule has 1 N–H and O–H groups in total. The molecule has 2 aromatic carbocycles. The SMILES string of the molecule is CCOCCCN(C(=O)Cn1nnc2ccccc21)[C@H](C(=O)NC1CCCC1)c1ccccc1C. The predicted octanol–water partition coefficient (Wildman–Crippen LogP) is 3.80. The predicted molar refractivity (Wildman–Crippen MR) is 135 cm³/mol. The standard InChI is InChI=1S/C27H35N5O3/c1-3-35-18-10-17-31(25(33)19-32-24-16-9-8-15-23(24)29-30-32)26(22-14-7-4-11-20(22)2)27(34)28-21-12-5-6-13-21/h4,7-9,11,14-16,21,26H,3,5-6,10,12-13,17-19H2,1-2H3,(H,28,34)/t26-/m0/s1. The fourth-order valence-electron chi connectivity index (χ4n) is 4.83. The van der Waals surface area contributed by atoms with Crippen molar-refractivity contribution < 1.29 is 14.3 Å². The molecule has 4 rings (SSSR count). The van der Waals surface area contributed by atoms with Crippen molar-refractivity contribution in [3.8, 4) is 0 Å². The van der Waals surface area contributed by atoms with Crippen molar-refractivity contribution in [3.63, 3.8) is 0 Å². The Labute approximate surface area is 206 Å². The molecule has 8 nitrogen and oxygen atoms in total. The lowest BCUT2D eigenvalue weighted by molar-refractivity contribution is -0.142. The molecule has 1 aliphatic carbocycles. The van der Waals surface area contributed by atoms with Gasteiger partial charge in [0.2, 0.25) is 11.8 Å². The normalized spacial score (nSPS) is 14.8. The van der Waals surface area contributed by atoms with Crippen LogP contribution in [0.3, 0.4) is 0 Å². The lowest BCUT2D eigenvalue weighted by Crippen LogP contribution is -2.47. The second-order valence-electron chi connectivity index (χ2n) is 9.12. The quantitative estimate of drug-likeness (QED) is 0.425. The molecule has 2 amide bonds. The molecule has 1 aliphatic rings. The number of nitrogens with zero attached hydrogens (tertiary/aromatic N) is 4. The highest BCUT2D eigenvalue weighted by atomic mass is 16.5. The third-order valence-corrected chi connectivity index (χ3v) is 6.66. The van der Waals surface area contributed by atoms with Gasteiger partial charge in [0.15, 0.2) is 0 Å². The van der Waals surface area contributed by atoms with E-state index in [-0.39, 0.29) is 24.4 Å². The molecule has 8 heteroatoms. The van der Waals surface area contributed by atoms with Gasteiger partial charge in [0.05, 0.1) is 5.52 Å². The van der Waals surface area contributed by atoms with Crippen LogP contribution in [0.5, 0.6) is 0 Å². The van der Waals surface area contributed by atoms with Gasteiger partial charge in [0.25, 0.3) is 0 Å². The molecule has 0 spiro atoms. The van der Waals surface area contributed by atoms with Gasteiger partial charge in [-0.25, -0.2) is 4.68 Å². The number of carbonyl (C=O) groups excluding carboxylic acids is 2. The van der Waals surface area contributed by atoms with Gasteiger partial charge in [-0.3, -0.25) is 9.59 Å². The van der Waals surface area contributed by atoms with E-state index < -0.39 is 6.04 Å². The fourth-order valence-corrected chi connectivity index (χ4v) is 4.83. The van der Waals surface area contributed by atoms with Gasteiger partial charge >= 0.3 is 0 Å². The smallest absolute Gasteiger partial charge is 0.247 e. The van der Waals surface area contributed by atoms with E-state index >= 15 is 0 Å². The maximum Gasteiger partial charge on any atom is 0.247 e. The lowest BCUT2D eigenvalue weighted by atomic mass is 9.98. The van der Waals surface area contributed by atoms with Crippen LogP contribution in [0.1, 0.15) is 56.2 Å². The van der Waals surface area contributed by atoms with Gasteiger partial charge in [0.1, 0.15) is 18.1 Å². The molecule has 35 heavy (non-hydrogen) atoms. The topological polar surface area (TPSA) is 89.3 Å². The molecule has 3 aromatic rings. The van der Waals surface area contributed by atoms with Gasteiger partial charge < -0.3 is 15.0 Å². The molecule has 186 valence electrons. The Bertz CT molecular complexity index is 1140. The number of ether oxygens (including phenoxy) is 1. The summed E-state index contributed by atoms with van der Waals surface area (Å²) in [6.07, 6.45) is 4.84. The Hall–Kier alpha value is -3.26. The first-order valence-corrected chi connectivity index (χ1v) is 12.6. The number of nitrogens with one attached hydrogen (secondary N) is 1. The van der Waals surface area contributed by atoms with Crippen LogP contribution >= 0.6 is 0 Å². The number of amides is 2. The van der Waals surface area contributed by atoms with Gasteiger partial charge in [0, 0.05) is 25.8 Å². The van der Waals surface area contributed by atoms with Gasteiger partial charge in [-0.15, -0.1) is 5.10 Å². The minimum absolute atomic E-state index is 0.00817. The molecule has 0 bridgehead atoms.